The van der Waals surface area contributed by atoms with Gasteiger partial charge in [0.2, 0.25) is 23.6 Å². The van der Waals surface area contributed by atoms with Crippen molar-refractivity contribution < 1.29 is 43.3 Å². The molecule has 0 radical (unpaired) electrons. The zero-order chi connectivity index (χ0) is 38.4. The molecule has 2 heterocycles. The number of hydrogen-bond donors (Lipinski definition) is 1. The predicted octanol–water partition coefficient (Wildman–Crippen LogP) is 5.51. The van der Waals surface area contributed by atoms with Crippen LogP contribution in [0.4, 0.5) is 32.8 Å². The smallest absolute Gasteiger partial charge is 0.301 e. The molecule has 53 heavy (non-hydrogen) atoms. The average molecular weight is 748 g/mol. The minimum absolute atomic E-state index is 0.00854. The first-order chi connectivity index (χ1) is 25.0. The summed E-state index contributed by atoms with van der Waals surface area (Å²) in [6, 6.07) is 9.68. The van der Waals surface area contributed by atoms with E-state index in [2.05, 4.69) is 0 Å². The van der Waals surface area contributed by atoms with Crippen LogP contribution in [0.1, 0.15) is 31.2 Å². The van der Waals surface area contributed by atoms with Crippen LogP contribution < -0.4 is 19.4 Å². The van der Waals surface area contributed by atoms with Crippen molar-refractivity contribution in [3.05, 3.63) is 96.8 Å². The molecule has 4 aliphatic rings. The number of ether oxygens (including phenoxy) is 1. The Hall–Kier alpha value is -5.90. The van der Waals surface area contributed by atoms with Crippen molar-refractivity contribution in [2.75, 3.05) is 35.9 Å². The number of carbonyl (C=O) groups excluding carboxylic acids is 4. The Bertz CT molecular complexity index is 2190. The Morgan fingerprint density at radius 3 is 2.17 bits per heavy atom. The second-order valence-corrected chi connectivity index (χ2v) is 14.3. The van der Waals surface area contributed by atoms with Crippen molar-refractivity contribution in [3.63, 3.8) is 0 Å². The summed E-state index contributed by atoms with van der Waals surface area (Å²) in [6.45, 7) is 1.63. The third-order valence-corrected chi connectivity index (χ3v) is 11.4. The molecule has 17 heteroatoms. The number of nitrogens with zero attached hydrogens (tertiary/aromatic N) is 5. The van der Waals surface area contributed by atoms with E-state index in [4.69, 9.17) is 16.3 Å². The number of benzene rings is 3. The summed E-state index contributed by atoms with van der Waals surface area (Å²) >= 11 is 6.06. The summed E-state index contributed by atoms with van der Waals surface area (Å²) in [5.74, 6) is -8.38. The van der Waals surface area contributed by atoms with Crippen LogP contribution in [0.3, 0.4) is 0 Å². The van der Waals surface area contributed by atoms with E-state index in [1.807, 2.05) is 0 Å². The fourth-order valence-corrected chi connectivity index (χ4v) is 9.05. The first-order valence-electron chi connectivity index (χ1n) is 16.4. The second-order valence-electron chi connectivity index (χ2n) is 13.9. The van der Waals surface area contributed by atoms with Gasteiger partial charge in [-0.3, -0.25) is 39.4 Å². The molecule has 1 N–H and O–H groups in total. The van der Waals surface area contributed by atoms with Gasteiger partial charge in [-0.25, -0.2) is 14.2 Å². The average Bonchev–Trinajstić information content (AvgIpc) is 3.48. The van der Waals surface area contributed by atoms with Crippen LogP contribution in [0, 0.1) is 55.1 Å². The van der Waals surface area contributed by atoms with Crippen LogP contribution in [0.2, 0.25) is 5.02 Å². The molecule has 4 amide bonds. The maximum absolute atomic E-state index is 14.6. The molecule has 2 saturated heterocycles. The molecule has 0 spiro atoms. The van der Waals surface area contributed by atoms with Gasteiger partial charge in [-0.05, 0) is 49.9 Å². The van der Waals surface area contributed by atoms with Crippen molar-refractivity contribution in [1.29, 1.82) is 0 Å². The molecule has 0 aromatic heterocycles. The number of amides is 4. The Morgan fingerprint density at radius 2 is 1.58 bits per heavy atom. The van der Waals surface area contributed by atoms with Gasteiger partial charge in [0.1, 0.15) is 17.3 Å². The fraction of sp³-hybridized carbons (Fsp3) is 0.333. The highest BCUT2D eigenvalue weighted by Gasteiger charge is 2.68. The quantitative estimate of drug-likeness (QED) is 0.139. The Kier molecular flexibility index (Phi) is 8.28. The number of anilines is 3. The third kappa shape index (κ3) is 5.06. The van der Waals surface area contributed by atoms with Crippen molar-refractivity contribution >= 4 is 63.7 Å². The number of methoxy groups -OCH3 is 1. The molecule has 3 aromatic carbocycles. The second kappa shape index (κ2) is 12.4. The number of nitro groups is 2. The van der Waals surface area contributed by atoms with E-state index in [9.17, 15) is 48.9 Å². The standard InChI is InChI=1S/C36H31ClFN5O10/c1-36-23(33(46)41(35(36)48)16-5-10-25(38)24(37)11-16)15-22-19(30(36)20-7-6-18(44)14-28(20)53-4)8-9-21-29(22)34(47)40(32(21)45)17-12-26(42(49)50)31(39(2)3)27(13-17)43(51)52/h5-8,10-14,21-23,29-30,44H,9,15H2,1-4H3/t21-,22+,23-,29-,30+,36+/m0/s1. The number of carbonyl (C=O) groups is 4. The van der Waals surface area contributed by atoms with Gasteiger partial charge in [0.15, 0.2) is 5.69 Å². The van der Waals surface area contributed by atoms with Crippen molar-refractivity contribution in [3.8, 4) is 11.5 Å². The summed E-state index contributed by atoms with van der Waals surface area (Å²) in [6.07, 6.45) is 1.70. The molecule has 274 valence electrons. The van der Waals surface area contributed by atoms with E-state index in [1.165, 1.54) is 50.4 Å². The molecular weight excluding hydrogens is 717 g/mol. The topological polar surface area (TPSA) is 194 Å². The van der Waals surface area contributed by atoms with Gasteiger partial charge in [0, 0.05) is 43.8 Å². The summed E-state index contributed by atoms with van der Waals surface area (Å²) in [7, 11) is 4.15. The first kappa shape index (κ1) is 35.5. The van der Waals surface area contributed by atoms with Crippen molar-refractivity contribution in [1.82, 2.24) is 0 Å². The lowest BCUT2D eigenvalue weighted by Crippen LogP contribution is -2.49. The van der Waals surface area contributed by atoms with Crippen LogP contribution in [0.5, 0.6) is 11.5 Å². The highest BCUT2D eigenvalue weighted by Crippen LogP contribution is 2.65. The van der Waals surface area contributed by atoms with E-state index in [-0.39, 0.29) is 46.4 Å². The Labute approximate surface area is 305 Å². The van der Waals surface area contributed by atoms with Crippen molar-refractivity contribution in [2.24, 2.45) is 29.1 Å². The largest absolute Gasteiger partial charge is 0.508 e. The molecule has 6 atom stereocenters. The minimum atomic E-state index is -1.51. The molecule has 1 saturated carbocycles. The van der Waals surface area contributed by atoms with Gasteiger partial charge in [-0.15, -0.1) is 0 Å². The number of imide groups is 2. The van der Waals surface area contributed by atoms with E-state index in [0.29, 0.717) is 11.1 Å². The van der Waals surface area contributed by atoms with Gasteiger partial charge in [-0.1, -0.05) is 29.3 Å². The molecular formula is C36H31ClFN5O10. The Balaban J connectivity index is 1.38. The van der Waals surface area contributed by atoms with Gasteiger partial charge in [-0.2, -0.15) is 0 Å². The van der Waals surface area contributed by atoms with Crippen LogP contribution in [-0.2, 0) is 19.2 Å². The molecule has 3 aromatic rings. The number of fused-ring (bicyclic) bond motifs is 4. The molecule has 3 fully saturated rings. The zero-order valence-corrected chi connectivity index (χ0v) is 29.4. The number of rotatable bonds is 7. The van der Waals surface area contributed by atoms with Gasteiger partial charge in [0.25, 0.3) is 0 Å². The number of hydrogen-bond acceptors (Lipinski definition) is 11. The molecule has 15 nitrogen and oxygen atoms in total. The number of halogens is 2. The predicted molar refractivity (Wildman–Crippen MR) is 187 cm³/mol. The fourth-order valence-electron chi connectivity index (χ4n) is 8.88. The lowest BCUT2D eigenvalue weighted by atomic mass is 9.51. The molecule has 0 unspecified atom stereocenters. The monoisotopic (exact) mass is 747 g/mol. The van der Waals surface area contributed by atoms with Gasteiger partial charge in [0.05, 0.1) is 56.5 Å². The minimum Gasteiger partial charge on any atom is -0.508 e. The number of phenolic OH excluding ortho intramolecular Hbond substituents is 1. The molecule has 2 aliphatic heterocycles. The Morgan fingerprint density at radius 1 is 0.925 bits per heavy atom. The maximum atomic E-state index is 14.6. The van der Waals surface area contributed by atoms with Gasteiger partial charge >= 0.3 is 11.4 Å². The van der Waals surface area contributed by atoms with E-state index in [0.717, 1.165) is 28.0 Å². The number of phenols is 1. The van der Waals surface area contributed by atoms with Gasteiger partial charge < -0.3 is 14.7 Å². The number of aromatic hydroxyl groups is 1. The van der Waals surface area contributed by atoms with Crippen LogP contribution in [0.25, 0.3) is 0 Å². The third-order valence-electron chi connectivity index (χ3n) is 11.1. The number of nitro benzene ring substituents is 2. The molecule has 0 bridgehead atoms. The number of allylic oxidation sites excluding steroid dienone is 2. The summed E-state index contributed by atoms with van der Waals surface area (Å²) < 4.78 is 19.8. The summed E-state index contributed by atoms with van der Waals surface area (Å²) in [4.78, 5) is 83.1. The maximum Gasteiger partial charge on any atom is 0.301 e. The lowest BCUT2D eigenvalue weighted by Gasteiger charge is -2.49. The lowest BCUT2D eigenvalue weighted by molar-refractivity contribution is -0.392. The SMILES string of the molecule is COc1cc(O)ccc1[C@H]1C2=CC[C@@H]3C(=O)N(c4cc([N+](=O)[O-])c(N(C)C)c([N+](=O)[O-])c4)C(=O)[C@@H]3[C@@H]2C[C@H]2C(=O)N(c3ccc(F)c(Cl)c3)C(=O)[C@@]12C. The van der Waals surface area contributed by atoms with E-state index in [1.54, 1.807) is 19.1 Å². The molecule has 2 aliphatic carbocycles. The van der Waals surface area contributed by atoms with Crippen LogP contribution in [0.15, 0.2) is 60.2 Å². The molecule has 7 rings (SSSR count). The summed E-state index contributed by atoms with van der Waals surface area (Å²) in [5, 5.41) is 34.2. The zero-order valence-electron chi connectivity index (χ0n) is 28.6. The first-order valence-corrected chi connectivity index (χ1v) is 16.8. The normalized spacial score (nSPS) is 26.2. The van der Waals surface area contributed by atoms with Crippen LogP contribution in [-0.4, -0.2) is 59.8 Å². The summed E-state index contributed by atoms with van der Waals surface area (Å²) in [5.41, 5.74) is -2.51. The highest BCUT2D eigenvalue weighted by molar-refractivity contribution is 6.32. The van der Waals surface area contributed by atoms with Crippen LogP contribution >= 0.6 is 11.6 Å². The van der Waals surface area contributed by atoms with E-state index >= 15 is 0 Å². The van der Waals surface area contributed by atoms with Crippen molar-refractivity contribution in [2.45, 2.75) is 25.7 Å². The highest BCUT2D eigenvalue weighted by atomic mass is 35.5. The van der Waals surface area contributed by atoms with E-state index < -0.39 is 85.7 Å².